The molecule has 0 aliphatic rings. The second-order valence-corrected chi connectivity index (χ2v) is 14.9. The Balaban J connectivity index is 1.58. The number of alkyl halides is 3. The number of hydrogen-bond acceptors (Lipinski definition) is 7. The Bertz CT molecular complexity index is 1990. The molecule has 0 unspecified atom stereocenters. The average molecular weight is 680 g/mol. The molecule has 0 aliphatic carbocycles. The van der Waals surface area contributed by atoms with Crippen molar-refractivity contribution < 1.29 is 40.1 Å². The molecule has 0 amide bonds. The van der Waals surface area contributed by atoms with Crippen molar-refractivity contribution in [1.29, 1.82) is 0 Å². The summed E-state index contributed by atoms with van der Waals surface area (Å²) in [6.07, 6.45) is -1.26. The van der Waals surface area contributed by atoms with Gasteiger partial charge >= 0.3 is 14.0 Å². The maximum Gasteiger partial charge on any atom is 0.477 e. The van der Waals surface area contributed by atoms with Gasteiger partial charge in [0.15, 0.2) is 18.1 Å². The fourth-order valence-electron chi connectivity index (χ4n) is 4.93. The summed E-state index contributed by atoms with van der Waals surface area (Å²) in [4.78, 5) is 8.01. The summed E-state index contributed by atoms with van der Waals surface area (Å²) in [6.45, 7) is 13.2. The molecule has 15 heteroatoms. The molecular weight excluding hydrogens is 644 g/mol. The molecular formula is C32H35F5N5O4P. The summed E-state index contributed by atoms with van der Waals surface area (Å²) >= 11 is 0. The number of fused-ring (bicyclic) bond motifs is 2. The molecule has 3 aromatic heterocycles. The highest BCUT2D eigenvalue weighted by atomic mass is 31.2. The van der Waals surface area contributed by atoms with Gasteiger partial charge in [0.05, 0.1) is 39.7 Å². The molecule has 9 nitrogen and oxygen atoms in total. The number of aromatic nitrogens is 5. The largest absolute Gasteiger partial charge is 0.477 e. The van der Waals surface area contributed by atoms with Gasteiger partial charge in [0.25, 0.3) is 0 Å². The van der Waals surface area contributed by atoms with Crippen LogP contribution in [0, 0.1) is 11.6 Å². The van der Waals surface area contributed by atoms with Gasteiger partial charge in [-0.25, -0.2) is 23.0 Å². The first-order valence-electron chi connectivity index (χ1n) is 14.7. The number of phosphoric ester groups is 1. The summed E-state index contributed by atoms with van der Waals surface area (Å²) < 4.78 is 106. The Kier molecular flexibility index (Phi) is 8.89. The first-order valence-corrected chi connectivity index (χ1v) is 16.2. The Labute approximate surface area is 268 Å². The molecule has 5 rings (SSSR count). The molecule has 3 heterocycles. The van der Waals surface area contributed by atoms with Crippen LogP contribution in [0.1, 0.15) is 72.6 Å². The van der Waals surface area contributed by atoms with Gasteiger partial charge in [0.2, 0.25) is 0 Å². The van der Waals surface area contributed by atoms with Crippen molar-refractivity contribution >= 4 is 24.4 Å². The van der Waals surface area contributed by atoms with E-state index < -0.39 is 60.5 Å². The van der Waals surface area contributed by atoms with E-state index in [4.69, 9.17) is 13.6 Å². The van der Waals surface area contributed by atoms with Crippen LogP contribution in [-0.4, -0.2) is 35.4 Å². The normalized spacial score (nSPS) is 13.4. The molecule has 0 saturated carbocycles. The zero-order valence-electron chi connectivity index (χ0n) is 27.1. The fourth-order valence-corrected chi connectivity index (χ4v) is 6.68. The summed E-state index contributed by atoms with van der Waals surface area (Å²) in [5, 5.41) is 4.12. The molecule has 252 valence electrons. The number of imidazole rings is 1. The number of halogens is 5. The molecule has 5 aromatic rings. The van der Waals surface area contributed by atoms with Crippen molar-refractivity contribution in [3.05, 3.63) is 71.8 Å². The van der Waals surface area contributed by atoms with Gasteiger partial charge < -0.3 is 0 Å². The smallest absolute Gasteiger partial charge is 0.295 e. The lowest BCUT2D eigenvalue weighted by molar-refractivity contribution is -0.140. The number of benzene rings is 2. The van der Waals surface area contributed by atoms with Crippen molar-refractivity contribution in [3.8, 4) is 22.5 Å². The van der Waals surface area contributed by atoms with E-state index in [1.54, 1.807) is 47.6 Å². The van der Waals surface area contributed by atoms with Crippen molar-refractivity contribution in [2.75, 3.05) is 0 Å². The van der Waals surface area contributed by atoms with Crippen molar-refractivity contribution in [1.82, 2.24) is 24.1 Å². The third kappa shape index (κ3) is 7.56. The van der Waals surface area contributed by atoms with Gasteiger partial charge in [0, 0.05) is 23.5 Å². The van der Waals surface area contributed by atoms with E-state index in [-0.39, 0.29) is 28.2 Å². The maximum atomic E-state index is 16.2. The van der Waals surface area contributed by atoms with E-state index in [1.807, 2.05) is 13.8 Å². The highest BCUT2D eigenvalue weighted by molar-refractivity contribution is 7.48. The Morgan fingerprint density at radius 3 is 2.19 bits per heavy atom. The lowest BCUT2D eigenvalue weighted by Crippen LogP contribution is -2.25. The highest BCUT2D eigenvalue weighted by Crippen LogP contribution is 2.55. The highest BCUT2D eigenvalue weighted by Gasteiger charge is 2.40. The van der Waals surface area contributed by atoms with Gasteiger partial charge in [-0.2, -0.15) is 18.3 Å². The standard InChI is InChI=1S/C32H35F5N5O4P/c1-18(2)21-13-19(9-11-23(21)33)25-16-42-26(14-38-25)39-29(32(35,36)37)28(42)20-10-12-24-22(27(20)34)15-41(40-24)17-44-47(43,45-30(3,4)5)46-31(6,7)8/h9-16,18H,17H2,1-8H3. The summed E-state index contributed by atoms with van der Waals surface area (Å²) in [5.74, 6) is -1.57. The molecule has 0 spiro atoms. The molecule has 47 heavy (non-hydrogen) atoms. The van der Waals surface area contributed by atoms with Crippen LogP contribution < -0.4 is 0 Å². The predicted molar refractivity (Wildman–Crippen MR) is 167 cm³/mol. The SMILES string of the molecule is CC(C)c1cc(-c2cn3c(-c4ccc5nn(COP(=O)(OC(C)(C)C)OC(C)(C)C)cc5c4F)c(C(F)(F)F)nc3cn2)ccc1F. The lowest BCUT2D eigenvalue weighted by atomic mass is 9.99. The summed E-state index contributed by atoms with van der Waals surface area (Å²) in [7, 11) is -4.14. The second-order valence-electron chi connectivity index (χ2n) is 13.3. The van der Waals surface area contributed by atoms with E-state index in [1.165, 1.54) is 36.7 Å². The van der Waals surface area contributed by atoms with Gasteiger partial charge in [-0.3, -0.25) is 23.0 Å². The number of hydrogen-bond donors (Lipinski definition) is 0. The van der Waals surface area contributed by atoms with E-state index in [2.05, 4.69) is 15.1 Å². The van der Waals surface area contributed by atoms with Gasteiger partial charge in [-0.15, -0.1) is 0 Å². The van der Waals surface area contributed by atoms with Gasteiger partial charge in [-0.05, 0) is 83.4 Å². The molecule has 0 aliphatic heterocycles. The Morgan fingerprint density at radius 2 is 1.60 bits per heavy atom. The minimum atomic E-state index is -4.94. The number of phosphoric acid groups is 1. The minimum absolute atomic E-state index is 0.107. The molecule has 0 saturated heterocycles. The van der Waals surface area contributed by atoms with Crippen molar-refractivity contribution in [2.24, 2.45) is 0 Å². The molecule has 0 bridgehead atoms. The lowest BCUT2D eigenvalue weighted by Gasteiger charge is -2.30. The minimum Gasteiger partial charge on any atom is -0.295 e. The van der Waals surface area contributed by atoms with E-state index in [9.17, 15) is 22.1 Å². The molecule has 0 radical (unpaired) electrons. The van der Waals surface area contributed by atoms with E-state index >= 15 is 4.39 Å². The topological polar surface area (TPSA) is 92.8 Å². The van der Waals surface area contributed by atoms with Gasteiger partial charge in [-0.1, -0.05) is 13.8 Å². The third-order valence-corrected chi connectivity index (χ3v) is 8.71. The predicted octanol–water partition coefficient (Wildman–Crippen LogP) is 9.55. The zero-order valence-corrected chi connectivity index (χ0v) is 28.0. The molecule has 0 atom stereocenters. The van der Waals surface area contributed by atoms with Crippen LogP contribution >= 0.6 is 7.82 Å². The van der Waals surface area contributed by atoms with Crippen LogP contribution in [0.4, 0.5) is 22.0 Å². The molecule has 0 fully saturated rings. The van der Waals surface area contributed by atoms with Crippen LogP contribution in [0.5, 0.6) is 0 Å². The summed E-state index contributed by atoms with van der Waals surface area (Å²) in [5.41, 5.74) is -3.00. The second kappa shape index (κ2) is 12.1. The average Bonchev–Trinajstić information content (AvgIpc) is 3.52. The van der Waals surface area contributed by atoms with Crippen LogP contribution in [0.3, 0.4) is 0 Å². The molecule has 2 aromatic carbocycles. The van der Waals surface area contributed by atoms with E-state index in [0.717, 1.165) is 15.3 Å². The van der Waals surface area contributed by atoms with Crippen LogP contribution in [0.25, 0.3) is 39.1 Å². The Hall–Kier alpha value is -3.71. The monoisotopic (exact) mass is 679 g/mol. The quantitative estimate of drug-likeness (QED) is 0.119. The third-order valence-electron chi connectivity index (χ3n) is 6.74. The fraction of sp³-hybridized carbons (Fsp3) is 0.406. The summed E-state index contributed by atoms with van der Waals surface area (Å²) in [6, 6.07) is 6.86. The van der Waals surface area contributed by atoms with Gasteiger partial charge in [0.1, 0.15) is 11.6 Å². The van der Waals surface area contributed by atoms with Crippen molar-refractivity contribution in [2.45, 2.75) is 85.4 Å². The van der Waals surface area contributed by atoms with Crippen molar-refractivity contribution in [3.63, 3.8) is 0 Å². The number of rotatable bonds is 8. The van der Waals surface area contributed by atoms with Crippen LogP contribution in [0.2, 0.25) is 0 Å². The first kappa shape index (κ1) is 34.6. The molecule has 0 N–H and O–H groups in total. The van der Waals surface area contributed by atoms with Crippen LogP contribution in [-0.2, 0) is 31.0 Å². The zero-order chi connectivity index (χ0) is 34.7. The van der Waals surface area contributed by atoms with Crippen LogP contribution in [0.15, 0.2) is 48.9 Å². The van der Waals surface area contributed by atoms with E-state index in [0.29, 0.717) is 11.1 Å². The first-order chi connectivity index (χ1) is 21.6. The Morgan fingerprint density at radius 1 is 0.936 bits per heavy atom. The number of nitrogens with zero attached hydrogens (tertiary/aromatic N) is 5. The maximum absolute atomic E-state index is 16.2.